The second kappa shape index (κ2) is 12.6. The molecule has 0 aliphatic heterocycles. The number of hydrogen-bond acceptors (Lipinski definition) is 4. The average Bonchev–Trinajstić information content (AvgIpc) is 3.82. The Labute approximate surface area is 305 Å². The number of hydrogen-bond donors (Lipinski definition) is 0. The molecule has 10 rings (SSSR count). The van der Waals surface area contributed by atoms with Gasteiger partial charge in [-0.2, -0.15) is 0 Å². The molecule has 0 aliphatic carbocycles. The zero-order valence-electron chi connectivity index (χ0n) is 28.0. The minimum atomic E-state index is 0.631. The molecule has 5 heteroatoms. The van der Waals surface area contributed by atoms with Crippen LogP contribution in [0.5, 0.6) is 0 Å². The van der Waals surface area contributed by atoms with Crippen molar-refractivity contribution in [2.45, 2.75) is 0 Å². The fourth-order valence-corrected chi connectivity index (χ4v) is 8.37. The minimum absolute atomic E-state index is 0.631. The predicted molar refractivity (Wildman–Crippen MR) is 217 cm³/mol. The lowest BCUT2D eigenvalue weighted by atomic mass is 10.0. The van der Waals surface area contributed by atoms with Gasteiger partial charge in [-0.25, -0.2) is 15.0 Å². The third-order valence-corrected chi connectivity index (χ3v) is 10.9. The molecule has 0 N–H and O–H groups in total. The number of para-hydroxylation sites is 1. The van der Waals surface area contributed by atoms with Gasteiger partial charge in [0, 0.05) is 42.7 Å². The summed E-state index contributed by atoms with van der Waals surface area (Å²) in [5.41, 5.74) is 9.77. The number of aromatic nitrogens is 4. The van der Waals surface area contributed by atoms with E-state index in [0.717, 1.165) is 33.5 Å². The van der Waals surface area contributed by atoms with Crippen molar-refractivity contribution in [1.29, 1.82) is 0 Å². The van der Waals surface area contributed by atoms with Crippen molar-refractivity contribution in [2.75, 3.05) is 0 Å². The Morgan fingerprint density at radius 2 is 0.923 bits per heavy atom. The maximum Gasteiger partial charge on any atom is 0.164 e. The number of rotatable bonds is 6. The van der Waals surface area contributed by atoms with Crippen LogP contribution in [0.15, 0.2) is 182 Å². The van der Waals surface area contributed by atoms with E-state index in [0.29, 0.717) is 17.5 Å². The highest BCUT2D eigenvalue weighted by atomic mass is 32.1. The Balaban J connectivity index is 1.12. The number of thiophene rings is 1. The highest BCUT2D eigenvalue weighted by Crippen LogP contribution is 2.43. The molecule has 7 aromatic carbocycles. The van der Waals surface area contributed by atoms with Crippen LogP contribution in [0, 0.1) is 0 Å². The Hall–Kier alpha value is -6.69. The zero-order valence-corrected chi connectivity index (χ0v) is 28.8. The molecule has 0 saturated heterocycles. The van der Waals surface area contributed by atoms with Crippen molar-refractivity contribution in [1.82, 2.24) is 19.5 Å². The monoisotopic (exact) mass is 682 g/mol. The van der Waals surface area contributed by atoms with Crippen LogP contribution in [0.25, 0.3) is 93.3 Å². The molecule has 0 spiro atoms. The van der Waals surface area contributed by atoms with E-state index in [2.05, 4.69) is 150 Å². The summed E-state index contributed by atoms with van der Waals surface area (Å²) in [6.07, 6.45) is 0. The van der Waals surface area contributed by atoms with E-state index < -0.39 is 0 Å². The molecule has 0 atom stereocenters. The Kier molecular flexibility index (Phi) is 7.29. The SMILES string of the molecule is c1ccc(-c2ccc(-c3nc(-c4ccccc4)nc(-c4cccc(-n5c6ccccc6c6c7sc(-c8ccccc8)cc7ccc65)c4)n3)cc2)cc1. The van der Waals surface area contributed by atoms with Crippen LogP contribution < -0.4 is 0 Å². The van der Waals surface area contributed by atoms with Crippen LogP contribution in [-0.4, -0.2) is 19.5 Å². The van der Waals surface area contributed by atoms with Gasteiger partial charge in [0.25, 0.3) is 0 Å². The molecule has 0 unspecified atom stereocenters. The van der Waals surface area contributed by atoms with E-state index in [1.165, 1.54) is 42.4 Å². The Morgan fingerprint density at radius 1 is 0.385 bits per heavy atom. The van der Waals surface area contributed by atoms with E-state index in [1.807, 2.05) is 47.7 Å². The average molecular weight is 683 g/mol. The van der Waals surface area contributed by atoms with Gasteiger partial charge in [0.2, 0.25) is 0 Å². The van der Waals surface area contributed by atoms with Crippen LogP contribution in [0.2, 0.25) is 0 Å². The molecule has 0 fully saturated rings. The van der Waals surface area contributed by atoms with Gasteiger partial charge in [-0.3, -0.25) is 0 Å². The summed E-state index contributed by atoms with van der Waals surface area (Å²) >= 11 is 1.86. The lowest BCUT2D eigenvalue weighted by Gasteiger charge is -2.12. The predicted octanol–water partition coefficient (Wildman–Crippen LogP) is 12.5. The summed E-state index contributed by atoms with van der Waals surface area (Å²) in [7, 11) is 0. The first-order chi connectivity index (χ1) is 25.8. The highest BCUT2D eigenvalue weighted by Gasteiger charge is 2.18. The molecule has 0 bridgehead atoms. The van der Waals surface area contributed by atoms with Crippen molar-refractivity contribution in [2.24, 2.45) is 0 Å². The summed E-state index contributed by atoms with van der Waals surface area (Å²) < 4.78 is 3.67. The second-order valence-electron chi connectivity index (χ2n) is 12.9. The van der Waals surface area contributed by atoms with E-state index in [9.17, 15) is 0 Å². The van der Waals surface area contributed by atoms with E-state index in [1.54, 1.807) is 0 Å². The number of fused-ring (bicyclic) bond motifs is 5. The summed E-state index contributed by atoms with van der Waals surface area (Å²) in [5.74, 6) is 1.91. The third-order valence-electron chi connectivity index (χ3n) is 9.66. The molecule has 3 heterocycles. The van der Waals surface area contributed by atoms with E-state index in [-0.39, 0.29) is 0 Å². The van der Waals surface area contributed by atoms with Crippen LogP contribution >= 0.6 is 11.3 Å². The van der Waals surface area contributed by atoms with Gasteiger partial charge in [-0.15, -0.1) is 11.3 Å². The first kappa shape index (κ1) is 30.2. The molecule has 0 saturated carbocycles. The quantitative estimate of drug-likeness (QED) is 0.175. The largest absolute Gasteiger partial charge is 0.309 e. The number of nitrogens with zero attached hydrogens (tertiary/aromatic N) is 4. The van der Waals surface area contributed by atoms with Crippen LogP contribution in [0.1, 0.15) is 0 Å². The molecule has 3 aromatic heterocycles. The Bertz CT molecular complexity index is 2880. The van der Waals surface area contributed by atoms with Crippen molar-refractivity contribution in [3.63, 3.8) is 0 Å². The minimum Gasteiger partial charge on any atom is -0.309 e. The summed E-state index contributed by atoms with van der Waals surface area (Å²) in [5, 5.41) is 3.78. The molecular weight excluding hydrogens is 653 g/mol. The van der Waals surface area contributed by atoms with E-state index in [4.69, 9.17) is 15.0 Å². The van der Waals surface area contributed by atoms with Gasteiger partial charge in [-0.1, -0.05) is 152 Å². The van der Waals surface area contributed by atoms with Crippen molar-refractivity contribution in [3.8, 4) is 61.4 Å². The first-order valence-electron chi connectivity index (χ1n) is 17.4. The first-order valence-corrected chi connectivity index (χ1v) is 18.2. The third kappa shape index (κ3) is 5.27. The summed E-state index contributed by atoms with van der Waals surface area (Å²) in [4.78, 5) is 16.4. The zero-order chi connectivity index (χ0) is 34.4. The Morgan fingerprint density at radius 3 is 1.63 bits per heavy atom. The maximum absolute atomic E-state index is 5.09. The molecule has 0 aliphatic rings. The van der Waals surface area contributed by atoms with Gasteiger partial charge >= 0.3 is 0 Å². The lowest BCUT2D eigenvalue weighted by Crippen LogP contribution is -2.01. The maximum atomic E-state index is 5.09. The number of benzene rings is 7. The van der Waals surface area contributed by atoms with Crippen LogP contribution in [0.3, 0.4) is 0 Å². The lowest BCUT2D eigenvalue weighted by molar-refractivity contribution is 1.07. The molecule has 4 nitrogen and oxygen atoms in total. The molecular formula is C47H30N4S. The van der Waals surface area contributed by atoms with Gasteiger partial charge in [-0.05, 0) is 52.4 Å². The van der Waals surface area contributed by atoms with Crippen LogP contribution in [-0.2, 0) is 0 Å². The molecule has 0 amide bonds. The molecule has 52 heavy (non-hydrogen) atoms. The molecule has 0 radical (unpaired) electrons. The summed E-state index contributed by atoms with van der Waals surface area (Å²) in [6, 6.07) is 63.8. The standard InChI is InChI=1S/C47H30N4S/c1-4-13-31(14-5-1)32-23-25-35(26-24-32)46-48-45(34-17-8-3-9-18-34)49-47(50-46)37-19-12-20-38(29-37)51-40-22-11-10-21-39(40)43-41(51)28-27-36-30-42(52-44(36)43)33-15-6-2-7-16-33/h1-30H. The summed E-state index contributed by atoms with van der Waals surface area (Å²) in [6.45, 7) is 0. The molecule has 244 valence electrons. The fourth-order valence-electron chi connectivity index (χ4n) is 7.15. The highest BCUT2D eigenvalue weighted by molar-refractivity contribution is 7.23. The van der Waals surface area contributed by atoms with Crippen molar-refractivity contribution in [3.05, 3.63) is 182 Å². The fraction of sp³-hybridized carbons (Fsp3) is 0. The van der Waals surface area contributed by atoms with Gasteiger partial charge < -0.3 is 4.57 Å². The van der Waals surface area contributed by atoms with Gasteiger partial charge in [0.1, 0.15) is 0 Å². The van der Waals surface area contributed by atoms with Crippen molar-refractivity contribution >= 4 is 43.2 Å². The van der Waals surface area contributed by atoms with Gasteiger partial charge in [0.15, 0.2) is 17.5 Å². The van der Waals surface area contributed by atoms with E-state index >= 15 is 0 Å². The van der Waals surface area contributed by atoms with Crippen molar-refractivity contribution < 1.29 is 0 Å². The molecule has 10 aromatic rings. The normalized spacial score (nSPS) is 11.5. The second-order valence-corrected chi connectivity index (χ2v) is 13.9. The van der Waals surface area contributed by atoms with Crippen LogP contribution in [0.4, 0.5) is 0 Å². The topological polar surface area (TPSA) is 43.6 Å². The smallest absolute Gasteiger partial charge is 0.164 e. The van der Waals surface area contributed by atoms with Gasteiger partial charge in [0.05, 0.1) is 11.0 Å².